The Hall–Kier alpha value is -2.82. The predicted octanol–water partition coefficient (Wildman–Crippen LogP) is 1.96. The Labute approximate surface area is 252 Å². The molecule has 0 amide bonds. The lowest BCUT2D eigenvalue weighted by molar-refractivity contribution is -0.0497. The van der Waals surface area contributed by atoms with E-state index in [-0.39, 0.29) is 54.9 Å². The van der Waals surface area contributed by atoms with Gasteiger partial charge in [0, 0.05) is 19.9 Å². The summed E-state index contributed by atoms with van der Waals surface area (Å²) < 4.78 is 64.0. The summed E-state index contributed by atoms with van der Waals surface area (Å²) >= 11 is 8.28. The van der Waals surface area contributed by atoms with E-state index in [4.69, 9.17) is 33.3 Å². The van der Waals surface area contributed by atoms with Crippen LogP contribution in [-0.4, -0.2) is 72.7 Å². The summed E-state index contributed by atoms with van der Waals surface area (Å²) in [5.74, 6) is 0.0618. The van der Waals surface area contributed by atoms with Crippen molar-refractivity contribution in [1.82, 2.24) is 34.1 Å². The van der Waals surface area contributed by atoms with Crippen LogP contribution in [0.25, 0.3) is 22.3 Å². The van der Waals surface area contributed by atoms with Gasteiger partial charge in [0.25, 0.3) is 5.56 Å². The van der Waals surface area contributed by atoms with Crippen LogP contribution in [0.5, 0.6) is 0 Å². The monoisotopic (exact) mass is 671 g/mol. The third kappa shape index (κ3) is 5.98. The van der Waals surface area contributed by atoms with Crippen molar-refractivity contribution in [2.24, 2.45) is 0 Å². The molecule has 2 aliphatic heterocycles. The van der Waals surface area contributed by atoms with Gasteiger partial charge in [-0.3, -0.25) is 32.4 Å². The summed E-state index contributed by atoms with van der Waals surface area (Å²) in [5.41, 5.74) is 6.17. The van der Waals surface area contributed by atoms with Crippen LogP contribution in [-0.2, 0) is 49.9 Å². The standard InChI is InChI=1S/C21H23N9O9P2S2/c1-34-15-12-7-36-40(32,42)35-3-2-29-13(26-11-4-10(5-22)6-24-17(11)29)8-37-41(33,43)39-16(15)20(38-12)30-9-25-14-18(30)27-21(23)28-19(14)31/h4,6,9,12,15-16,20H,2-3,7-8H2,1H3,(H,32,42)(H,33,43)(H3,23,27,28,31)/t12-,15-,16-,20-,40?,41?/m1/s1. The van der Waals surface area contributed by atoms with Gasteiger partial charge in [0.2, 0.25) is 5.95 Å². The number of nitriles is 1. The first-order valence-corrected chi connectivity index (χ1v) is 17.8. The number of hydrogen-bond acceptors (Lipinski definition) is 15. The Morgan fingerprint density at radius 3 is 2.77 bits per heavy atom. The number of anilines is 1. The fourth-order valence-electron chi connectivity index (χ4n) is 4.83. The zero-order valence-electron chi connectivity index (χ0n) is 22.0. The number of hydrogen-bond donors (Lipinski definition) is 4. The van der Waals surface area contributed by atoms with E-state index in [1.165, 1.54) is 30.3 Å². The Kier molecular flexibility index (Phi) is 8.15. The highest BCUT2D eigenvalue weighted by Crippen LogP contribution is 2.58. The number of fused-ring (bicyclic) bond motifs is 6. The maximum atomic E-state index is 13.6. The van der Waals surface area contributed by atoms with Crippen LogP contribution in [0.4, 0.5) is 5.95 Å². The number of rotatable bonds is 2. The largest absolute Gasteiger partial charge is 0.387 e. The summed E-state index contributed by atoms with van der Waals surface area (Å²) in [4.78, 5) is 31.8. The molecule has 0 aliphatic carbocycles. The van der Waals surface area contributed by atoms with Crippen LogP contribution in [0.2, 0.25) is 0 Å². The molecule has 6 heterocycles. The lowest BCUT2D eigenvalue weighted by Crippen LogP contribution is -2.37. The molecule has 4 aromatic heterocycles. The number of nitrogens with zero attached hydrogens (tertiary/aromatic N) is 7. The van der Waals surface area contributed by atoms with Crippen molar-refractivity contribution in [3.05, 3.63) is 40.3 Å². The van der Waals surface area contributed by atoms with E-state index in [0.29, 0.717) is 11.2 Å². The van der Waals surface area contributed by atoms with E-state index in [0.717, 1.165) is 0 Å². The number of aromatic nitrogens is 7. The topological polar surface area (TPSA) is 234 Å². The molecule has 2 aliphatic rings. The number of aromatic amines is 1. The predicted molar refractivity (Wildman–Crippen MR) is 154 cm³/mol. The van der Waals surface area contributed by atoms with Crippen LogP contribution in [0, 0.1) is 11.3 Å². The highest BCUT2D eigenvalue weighted by atomic mass is 32.7. The molecule has 3 N–H and O–H groups in total. The average molecular weight is 672 g/mol. The first-order valence-electron chi connectivity index (χ1n) is 12.4. The van der Waals surface area contributed by atoms with Gasteiger partial charge in [-0.05, 0) is 6.07 Å². The van der Waals surface area contributed by atoms with Gasteiger partial charge < -0.3 is 19.8 Å². The second kappa shape index (κ2) is 11.6. The quantitative estimate of drug-likeness (QED) is 0.176. The summed E-state index contributed by atoms with van der Waals surface area (Å²) in [6.45, 7) is -8.94. The van der Waals surface area contributed by atoms with Gasteiger partial charge >= 0.3 is 13.6 Å². The van der Waals surface area contributed by atoms with Crippen LogP contribution in [0.1, 0.15) is 17.6 Å². The maximum absolute atomic E-state index is 13.6. The third-order valence-corrected chi connectivity index (χ3v) is 9.93. The molecule has 1 fully saturated rings. The van der Waals surface area contributed by atoms with Crippen molar-refractivity contribution in [2.75, 3.05) is 26.1 Å². The SMILES string of the molecule is CO[C@H]1[C@H]2OP(=O)(S)OCc3nc4cc(C#N)cnc4n3CCOP(=O)(S)OC[C@H]1O[C@H]2n1cnc2c(=O)[nH]c(N)nc21. The van der Waals surface area contributed by atoms with Gasteiger partial charge in [0.15, 0.2) is 23.0 Å². The summed E-state index contributed by atoms with van der Waals surface area (Å²) in [6.07, 6.45) is -1.73. The Morgan fingerprint density at radius 2 is 2.00 bits per heavy atom. The van der Waals surface area contributed by atoms with E-state index in [9.17, 15) is 19.2 Å². The minimum atomic E-state index is -4.21. The molecule has 4 aromatic rings. The van der Waals surface area contributed by atoms with Gasteiger partial charge in [-0.15, -0.1) is 0 Å². The molecular formula is C21H23N9O9P2S2. The Bertz CT molecular complexity index is 1910. The molecule has 2 unspecified atom stereocenters. The van der Waals surface area contributed by atoms with Gasteiger partial charge in [-0.25, -0.2) is 24.1 Å². The molecule has 43 heavy (non-hydrogen) atoms. The zero-order chi connectivity index (χ0) is 30.5. The van der Waals surface area contributed by atoms with Crippen LogP contribution < -0.4 is 11.3 Å². The van der Waals surface area contributed by atoms with E-state index in [1.807, 2.05) is 6.07 Å². The normalized spacial score (nSPS) is 30.5. The molecule has 0 saturated carbocycles. The molecule has 2 bridgehead atoms. The maximum Gasteiger partial charge on any atom is 0.387 e. The second-order valence-electron chi connectivity index (χ2n) is 9.31. The molecule has 22 heteroatoms. The molecule has 1 saturated heterocycles. The number of thiol groups is 2. The van der Waals surface area contributed by atoms with Crippen LogP contribution >= 0.6 is 38.1 Å². The minimum absolute atomic E-state index is 0.0433. The van der Waals surface area contributed by atoms with Crippen molar-refractivity contribution in [3.8, 4) is 6.07 Å². The molecule has 6 rings (SSSR count). The minimum Gasteiger partial charge on any atom is -0.376 e. The third-order valence-electron chi connectivity index (χ3n) is 6.66. The van der Waals surface area contributed by atoms with Crippen LogP contribution in [0.3, 0.4) is 0 Å². The van der Waals surface area contributed by atoms with Gasteiger partial charge in [0.1, 0.15) is 42.3 Å². The molecule has 18 nitrogen and oxygen atoms in total. The average Bonchev–Trinajstić information content (AvgIpc) is 3.63. The van der Waals surface area contributed by atoms with E-state index in [1.54, 1.807) is 4.57 Å². The summed E-state index contributed by atoms with van der Waals surface area (Å²) in [5, 5.41) is 9.26. The highest BCUT2D eigenvalue weighted by Gasteiger charge is 2.51. The smallest absolute Gasteiger partial charge is 0.376 e. The molecule has 0 radical (unpaired) electrons. The molecule has 6 atom stereocenters. The van der Waals surface area contributed by atoms with Crippen molar-refractivity contribution in [2.45, 2.75) is 37.7 Å². The number of nitrogen functional groups attached to an aromatic ring is 1. The molecule has 0 spiro atoms. The van der Waals surface area contributed by atoms with Crippen molar-refractivity contribution >= 4 is 66.4 Å². The van der Waals surface area contributed by atoms with E-state index >= 15 is 0 Å². The molecule has 0 aromatic carbocycles. The number of H-pyrrole nitrogens is 1. The number of imidazole rings is 2. The fraction of sp³-hybridized carbons (Fsp3) is 0.429. The van der Waals surface area contributed by atoms with Gasteiger partial charge in [0.05, 0.1) is 25.1 Å². The highest BCUT2D eigenvalue weighted by molar-refractivity contribution is 8.44. The second-order valence-corrected chi connectivity index (χ2v) is 15.1. The van der Waals surface area contributed by atoms with E-state index in [2.05, 4.69) is 49.4 Å². The first-order chi connectivity index (χ1) is 20.5. The Morgan fingerprint density at radius 1 is 1.19 bits per heavy atom. The van der Waals surface area contributed by atoms with Crippen LogP contribution in [0.15, 0.2) is 23.4 Å². The summed E-state index contributed by atoms with van der Waals surface area (Å²) in [7, 11) is 1.35. The van der Waals surface area contributed by atoms with Crippen molar-refractivity contribution in [1.29, 1.82) is 5.26 Å². The fourth-order valence-corrected chi connectivity index (χ4v) is 7.37. The van der Waals surface area contributed by atoms with Crippen molar-refractivity contribution < 1.29 is 36.7 Å². The van der Waals surface area contributed by atoms with Crippen molar-refractivity contribution in [3.63, 3.8) is 0 Å². The zero-order valence-corrected chi connectivity index (χ0v) is 25.6. The van der Waals surface area contributed by atoms with E-state index < -0.39 is 43.7 Å². The summed E-state index contributed by atoms with van der Waals surface area (Å²) in [6, 6.07) is 3.52. The first kappa shape index (κ1) is 30.2. The lowest BCUT2D eigenvalue weighted by Gasteiger charge is -2.26. The number of nitrogens with two attached hydrogens (primary N) is 1. The number of methoxy groups -OCH3 is 1. The number of ether oxygens (including phenoxy) is 2. The molecule has 228 valence electrons. The van der Waals surface area contributed by atoms with Gasteiger partial charge in [-0.1, -0.05) is 24.5 Å². The lowest BCUT2D eigenvalue weighted by atomic mass is 10.1. The number of pyridine rings is 1. The molecular weight excluding hydrogens is 648 g/mol. The van der Waals surface area contributed by atoms with Gasteiger partial charge in [-0.2, -0.15) is 10.2 Å². The Balaban J connectivity index is 1.40. The number of nitrogens with one attached hydrogen (secondary N) is 1.